The maximum atomic E-state index is 12.8. The van der Waals surface area contributed by atoms with Crippen molar-refractivity contribution in [3.05, 3.63) is 57.1 Å². The lowest BCUT2D eigenvalue weighted by atomic mass is 10.0. The molecule has 0 radical (unpaired) electrons. The molecule has 0 saturated carbocycles. The van der Waals surface area contributed by atoms with Crippen LogP contribution >= 0.6 is 0 Å². The lowest BCUT2D eigenvalue weighted by Gasteiger charge is -2.32. The van der Waals surface area contributed by atoms with Crippen LogP contribution in [0.1, 0.15) is 23.1 Å². The number of nitro groups is 1. The molecule has 0 aromatic heterocycles. The summed E-state index contributed by atoms with van der Waals surface area (Å²) in [6.45, 7) is 9.26. The van der Waals surface area contributed by atoms with Crippen molar-refractivity contribution in [3.8, 4) is 5.75 Å². The lowest BCUT2D eigenvalue weighted by Crippen LogP contribution is -2.41. The van der Waals surface area contributed by atoms with E-state index in [4.69, 9.17) is 9.47 Å². The van der Waals surface area contributed by atoms with Crippen LogP contribution in [-0.4, -0.2) is 55.3 Å². The minimum atomic E-state index is -0.428. The number of urea groups is 1. The molecule has 1 fully saturated rings. The predicted molar refractivity (Wildman–Crippen MR) is 121 cm³/mol. The van der Waals surface area contributed by atoms with Crippen molar-refractivity contribution in [1.82, 2.24) is 10.2 Å². The molecule has 32 heavy (non-hydrogen) atoms. The van der Waals surface area contributed by atoms with Crippen molar-refractivity contribution in [3.63, 3.8) is 0 Å². The zero-order valence-corrected chi connectivity index (χ0v) is 18.4. The number of hydrogen-bond donors (Lipinski definition) is 1. The Hall–Kier alpha value is -3.17. The number of nitrogens with one attached hydrogen (secondary N) is 1. The van der Waals surface area contributed by atoms with Gasteiger partial charge in [-0.2, -0.15) is 0 Å². The fourth-order valence-corrected chi connectivity index (χ4v) is 4.28. The van der Waals surface area contributed by atoms with E-state index in [1.165, 1.54) is 12.1 Å². The van der Waals surface area contributed by atoms with Gasteiger partial charge in [0.05, 0.1) is 36.1 Å². The van der Waals surface area contributed by atoms with Crippen LogP contribution in [-0.2, 0) is 11.3 Å². The normalized spacial score (nSPS) is 16.4. The van der Waals surface area contributed by atoms with Gasteiger partial charge in [-0.25, -0.2) is 4.79 Å². The molecular weight excluding hydrogens is 412 g/mol. The van der Waals surface area contributed by atoms with E-state index in [0.29, 0.717) is 17.9 Å². The molecule has 170 valence electrons. The predicted octanol–water partition coefficient (Wildman–Crippen LogP) is 3.67. The maximum absolute atomic E-state index is 12.8. The van der Waals surface area contributed by atoms with E-state index in [9.17, 15) is 14.9 Å². The van der Waals surface area contributed by atoms with Crippen LogP contribution in [0.15, 0.2) is 30.3 Å². The van der Waals surface area contributed by atoms with Gasteiger partial charge in [0.1, 0.15) is 5.75 Å². The number of nitro benzene ring substituents is 1. The molecule has 0 bridgehead atoms. The van der Waals surface area contributed by atoms with E-state index < -0.39 is 4.92 Å². The molecule has 0 aliphatic carbocycles. The third-order valence-corrected chi connectivity index (χ3v) is 5.83. The summed E-state index contributed by atoms with van der Waals surface area (Å²) >= 11 is 0. The largest absolute Gasteiger partial charge is 0.494 e. The quantitative estimate of drug-likeness (QED) is 0.401. The number of benzene rings is 2. The van der Waals surface area contributed by atoms with Gasteiger partial charge in [0.25, 0.3) is 5.69 Å². The zero-order chi connectivity index (χ0) is 22.7. The van der Waals surface area contributed by atoms with Crippen LogP contribution in [0.3, 0.4) is 0 Å². The van der Waals surface area contributed by atoms with Crippen LogP contribution in [0.4, 0.5) is 21.9 Å². The van der Waals surface area contributed by atoms with Crippen molar-refractivity contribution in [2.45, 2.75) is 26.8 Å². The third kappa shape index (κ3) is 4.68. The van der Waals surface area contributed by atoms with E-state index in [1.807, 2.05) is 26.0 Å². The Morgan fingerprint density at radius 3 is 2.56 bits per heavy atom. The highest BCUT2D eigenvalue weighted by Gasteiger charge is 2.29. The monoisotopic (exact) mass is 440 g/mol. The van der Waals surface area contributed by atoms with Crippen LogP contribution in [0.25, 0.3) is 0 Å². The van der Waals surface area contributed by atoms with Crippen LogP contribution < -0.4 is 15.0 Å². The Morgan fingerprint density at radius 1 is 1.16 bits per heavy atom. The van der Waals surface area contributed by atoms with Gasteiger partial charge in [-0.1, -0.05) is 0 Å². The minimum Gasteiger partial charge on any atom is -0.494 e. The van der Waals surface area contributed by atoms with E-state index >= 15 is 0 Å². The number of nitrogens with zero attached hydrogens (tertiary/aromatic N) is 3. The third-order valence-electron chi connectivity index (χ3n) is 5.83. The second kappa shape index (κ2) is 9.54. The molecule has 1 N–H and O–H groups in total. The van der Waals surface area contributed by atoms with E-state index in [-0.39, 0.29) is 18.3 Å². The molecule has 2 aliphatic heterocycles. The van der Waals surface area contributed by atoms with Crippen LogP contribution in [0.2, 0.25) is 0 Å². The number of morpholine rings is 1. The van der Waals surface area contributed by atoms with E-state index in [1.54, 1.807) is 11.0 Å². The summed E-state index contributed by atoms with van der Waals surface area (Å²) in [6, 6.07) is 8.20. The molecular formula is C23H28N4O5. The first kappa shape index (κ1) is 22.0. The number of anilines is 2. The fraction of sp³-hybridized carbons (Fsp3) is 0.435. The Kier molecular flexibility index (Phi) is 6.57. The van der Waals surface area contributed by atoms with Crippen LogP contribution in [0, 0.1) is 24.0 Å². The first-order valence-electron chi connectivity index (χ1n) is 10.8. The molecule has 0 spiro atoms. The standard InChI is InChI=1S/C23H28N4O5/c1-16-12-20(32-9-3-6-25-7-10-31-11-8-25)13-17(2)22(16)26-21-5-4-19(27(29)30)14-18(21)15-24-23(26)28/h4-5,12-14H,3,6-11,15H2,1-2H3,(H,24,28). The Bertz CT molecular complexity index is 996. The summed E-state index contributed by atoms with van der Waals surface area (Å²) in [5.41, 5.74) is 3.93. The average molecular weight is 441 g/mol. The SMILES string of the molecule is Cc1cc(OCCCN2CCOCC2)cc(C)c1N1C(=O)NCc2cc([N+](=O)[O-])ccc21. The molecule has 9 nitrogen and oxygen atoms in total. The molecule has 2 aliphatic rings. The molecule has 0 unspecified atom stereocenters. The van der Waals surface area contributed by atoms with Gasteiger partial charge in [0.2, 0.25) is 0 Å². The zero-order valence-electron chi connectivity index (χ0n) is 18.4. The number of non-ortho nitro benzene ring substituents is 1. The van der Waals surface area contributed by atoms with Gasteiger partial charge < -0.3 is 14.8 Å². The summed E-state index contributed by atoms with van der Waals surface area (Å²) in [5, 5.41) is 13.9. The number of hydrogen-bond acceptors (Lipinski definition) is 6. The number of carbonyl (C=O) groups is 1. The van der Waals surface area contributed by atoms with Gasteiger partial charge in [-0.05, 0) is 49.6 Å². The number of rotatable bonds is 7. The highest BCUT2D eigenvalue weighted by atomic mass is 16.6. The Balaban J connectivity index is 1.49. The van der Waals surface area contributed by atoms with Crippen molar-refractivity contribution in [2.75, 3.05) is 44.4 Å². The van der Waals surface area contributed by atoms with Gasteiger partial charge >= 0.3 is 6.03 Å². The molecule has 2 amide bonds. The smallest absolute Gasteiger partial charge is 0.326 e. The van der Waals surface area contributed by atoms with E-state index in [2.05, 4.69) is 10.2 Å². The van der Waals surface area contributed by atoms with Crippen molar-refractivity contribution in [2.24, 2.45) is 0 Å². The summed E-state index contributed by atoms with van der Waals surface area (Å²) < 4.78 is 11.4. The first-order chi connectivity index (χ1) is 15.4. The highest BCUT2D eigenvalue weighted by Crippen LogP contribution is 2.38. The van der Waals surface area contributed by atoms with Gasteiger partial charge in [0, 0.05) is 43.9 Å². The average Bonchev–Trinajstić information content (AvgIpc) is 2.78. The maximum Gasteiger partial charge on any atom is 0.326 e. The molecule has 2 aromatic rings. The minimum absolute atomic E-state index is 0.00844. The van der Waals surface area contributed by atoms with E-state index in [0.717, 1.165) is 61.8 Å². The molecule has 2 heterocycles. The summed E-state index contributed by atoms with van der Waals surface area (Å²) in [6.07, 6.45) is 0.931. The summed E-state index contributed by atoms with van der Waals surface area (Å²) in [5.74, 6) is 0.770. The van der Waals surface area contributed by atoms with Gasteiger partial charge in [-0.15, -0.1) is 0 Å². The van der Waals surface area contributed by atoms with Gasteiger partial charge in [0.15, 0.2) is 0 Å². The van der Waals surface area contributed by atoms with Gasteiger partial charge in [-0.3, -0.25) is 19.9 Å². The molecule has 9 heteroatoms. The molecule has 4 rings (SSSR count). The summed E-state index contributed by atoms with van der Waals surface area (Å²) in [7, 11) is 0. The molecule has 1 saturated heterocycles. The topological polar surface area (TPSA) is 97.2 Å². The summed E-state index contributed by atoms with van der Waals surface area (Å²) in [4.78, 5) is 27.4. The second-order valence-electron chi connectivity index (χ2n) is 8.13. The van der Waals surface area contributed by atoms with Crippen molar-refractivity contribution >= 4 is 23.1 Å². The second-order valence-corrected chi connectivity index (χ2v) is 8.13. The number of aryl methyl sites for hydroxylation is 2. The number of ether oxygens (including phenoxy) is 2. The number of fused-ring (bicyclic) bond motifs is 1. The first-order valence-corrected chi connectivity index (χ1v) is 10.8. The lowest BCUT2D eigenvalue weighted by molar-refractivity contribution is -0.384. The highest BCUT2D eigenvalue weighted by molar-refractivity contribution is 6.03. The molecule has 0 atom stereocenters. The number of amides is 2. The Labute approximate surface area is 187 Å². The van der Waals surface area contributed by atoms with Crippen molar-refractivity contribution < 1.29 is 19.2 Å². The molecule has 2 aromatic carbocycles. The Morgan fingerprint density at radius 2 is 1.88 bits per heavy atom. The van der Waals surface area contributed by atoms with Crippen LogP contribution in [0.5, 0.6) is 5.75 Å². The van der Waals surface area contributed by atoms with Crippen molar-refractivity contribution in [1.29, 1.82) is 0 Å². The number of carbonyl (C=O) groups excluding carboxylic acids is 1. The fourth-order valence-electron chi connectivity index (χ4n) is 4.28.